The second-order valence-corrected chi connectivity index (χ2v) is 7.76. The van der Waals surface area contributed by atoms with Crippen LogP contribution in [-0.2, 0) is 14.4 Å². The summed E-state index contributed by atoms with van der Waals surface area (Å²) in [5, 5.41) is 0. The number of nitrogens with one attached hydrogen (secondary N) is 1. The van der Waals surface area contributed by atoms with Crippen LogP contribution in [0.3, 0.4) is 0 Å². The minimum absolute atomic E-state index is 0.00835. The molecule has 24 heavy (non-hydrogen) atoms. The Kier molecular flexibility index (Phi) is 6.52. The topological polar surface area (TPSA) is 71.2 Å². The third-order valence-electron chi connectivity index (χ3n) is 4.79. The van der Waals surface area contributed by atoms with Crippen LogP contribution in [0.5, 0.6) is 0 Å². The van der Waals surface area contributed by atoms with Crippen molar-refractivity contribution in [2.45, 2.75) is 26.7 Å². The van der Waals surface area contributed by atoms with E-state index >= 15 is 0 Å². The largest absolute Gasteiger partial charge is 0.330 e. The predicted octanol–water partition coefficient (Wildman–Crippen LogP) is -0.402. The Morgan fingerprint density at radius 3 is 2.42 bits per heavy atom. The van der Waals surface area contributed by atoms with Gasteiger partial charge in [0, 0.05) is 19.1 Å². The van der Waals surface area contributed by atoms with Gasteiger partial charge in [0.2, 0.25) is 5.91 Å². The molecule has 1 aliphatic carbocycles. The van der Waals surface area contributed by atoms with E-state index in [0.29, 0.717) is 19.4 Å². The summed E-state index contributed by atoms with van der Waals surface area (Å²) in [5.74, 6) is -0.641. The van der Waals surface area contributed by atoms with Crippen molar-refractivity contribution in [3.05, 3.63) is 0 Å². The molecule has 0 bridgehead atoms. The number of quaternary nitrogens is 1. The van der Waals surface area contributed by atoms with E-state index in [9.17, 15) is 14.4 Å². The van der Waals surface area contributed by atoms with Crippen molar-refractivity contribution in [3.8, 4) is 0 Å². The van der Waals surface area contributed by atoms with Gasteiger partial charge in [-0.1, -0.05) is 13.8 Å². The molecule has 134 valence electrons. The fourth-order valence-corrected chi connectivity index (χ4v) is 3.55. The number of ketones is 2. The molecule has 0 spiro atoms. The van der Waals surface area contributed by atoms with Crippen molar-refractivity contribution in [3.63, 3.8) is 0 Å². The van der Waals surface area contributed by atoms with E-state index in [1.807, 2.05) is 13.8 Å². The number of rotatable bonds is 5. The summed E-state index contributed by atoms with van der Waals surface area (Å²) in [7, 11) is 0. The van der Waals surface area contributed by atoms with Gasteiger partial charge in [-0.05, 0) is 5.41 Å². The summed E-state index contributed by atoms with van der Waals surface area (Å²) in [6.45, 7) is 8.56. The van der Waals surface area contributed by atoms with Gasteiger partial charge < -0.3 is 9.80 Å². The van der Waals surface area contributed by atoms with Gasteiger partial charge in [-0.25, -0.2) is 0 Å². The zero-order chi connectivity index (χ0) is 17.7. The molecular formula is C17H27ClN3O3+. The molecule has 1 aliphatic heterocycles. The maximum absolute atomic E-state index is 12.1. The summed E-state index contributed by atoms with van der Waals surface area (Å²) in [6.07, 6.45) is 2.43. The third kappa shape index (κ3) is 5.11. The van der Waals surface area contributed by atoms with Gasteiger partial charge in [-0.15, -0.1) is 11.6 Å². The lowest BCUT2D eigenvalue weighted by Gasteiger charge is -2.31. The summed E-state index contributed by atoms with van der Waals surface area (Å²) in [6, 6.07) is 0. The van der Waals surface area contributed by atoms with Gasteiger partial charge in [0.25, 0.3) is 0 Å². The second-order valence-electron chi connectivity index (χ2n) is 7.50. The van der Waals surface area contributed by atoms with Gasteiger partial charge in [0.1, 0.15) is 23.4 Å². The summed E-state index contributed by atoms with van der Waals surface area (Å²) in [5.41, 5.74) is -0.219. The molecule has 2 fully saturated rings. The summed E-state index contributed by atoms with van der Waals surface area (Å²) >= 11 is 5.57. The fraction of sp³-hybridized carbons (Fsp3) is 0.765. The number of alkyl halides is 1. The molecule has 0 unspecified atom stereocenters. The first-order valence-electron chi connectivity index (χ1n) is 8.55. The number of halogens is 1. The van der Waals surface area contributed by atoms with Gasteiger partial charge in [-0.2, -0.15) is 0 Å². The van der Waals surface area contributed by atoms with Crippen LogP contribution in [0.25, 0.3) is 0 Å². The highest BCUT2D eigenvalue weighted by Gasteiger charge is 2.38. The highest BCUT2D eigenvalue weighted by Crippen LogP contribution is 2.33. The molecule has 1 saturated heterocycles. The molecule has 2 aliphatic rings. The molecule has 7 heteroatoms. The minimum Gasteiger partial charge on any atom is -0.330 e. The van der Waals surface area contributed by atoms with Crippen molar-refractivity contribution in [1.29, 1.82) is 0 Å². The van der Waals surface area contributed by atoms with Crippen molar-refractivity contribution in [2.24, 2.45) is 16.3 Å². The Bertz CT molecular complexity index is 505. The van der Waals surface area contributed by atoms with E-state index < -0.39 is 5.92 Å². The van der Waals surface area contributed by atoms with Gasteiger partial charge in [0.15, 0.2) is 0 Å². The van der Waals surface area contributed by atoms with Crippen LogP contribution >= 0.6 is 11.6 Å². The van der Waals surface area contributed by atoms with Crippen molar-refractivity contribution >= 4 is 35.3 Å². The van der Waals surface area contributed by atoms with Crippen molar-refractivity contribution in [2.75, 3.05) is 45.1 Å². The summed E-state index contributed by atoms with van der Waals surface area (Å²) in [4.78, 5) is 43.2. The molecule has 1 N–H and O–H groups in total. The summed E-state index contributed by atoms with van der Waals surface area (Å²) < 4.78 is 0. The Labute approximate surface area is 148 Å². The Morgan fingerprint density at radius 2 is 1.88 bits per heavy atom. The highest BCUT2D eigenvalue weighted by molar-refractivity contribution is 6.27. The highest BCUT2D eigenvalue weighted by atomic mass is 35.5. The second kappa shape index (κ2) is 8.21. The van der Waals surface area contributed by atoms with Crippen LogP contribution in [0.1, 0.15) is 26.7 Å². The number of aliphatic imine (C=N–C) groups is 1. The van der Waals surface area contributed by atoms with E-state index in [4.69, 9.17) is 11.6 Å². The lowest BCUT2D eigenvalue weighted by Crippen LogP contribution is -3.15. The van der Waals surface area contributed by atoms with Gasteiger partial charge in [0.05, 0.1) is 39.3 Å². The first kappa shape index (κ1) is 19.1. The van der Waals surface area contributed by atoms with E-state index in [1.165, 1.54) is 4.90 Å². The zero-order valence-electron chi connectivity index (χ0n) is 14.5. The molecule has 0 aromatic carbocycles. The number of hydrogen-bond acceptors (Lipinski definition) is 4. The van der Waals surface area contributed by atoms with Gasteiger partial charge in [-0.3, -0.25) is 19.4 Å². The van der Waals surface area contributed by atoms with Crippen molar-refractivity contribution in [1.82, 2.24) is 4.90 Å². The van der Waals surface area contributed by atoms with E-state index in [2.05, 4.69) is 4.99 Å². The van der Waals surface area contributed by atoms with Crippen LogP contribution in [0, 0.1) is 11.3 Å². The average Bonchev–Trinajstić information content (AvgIpc) is 2.52. The zero-order valence-corrected chi connectivity index (χ0v) is 15.3. The average molecular weight is 357 g/mol. The van der Waals surface area contributed by atoms with Crippen LogP contribution in [-0.4, -0.2) is 73.7 Å². The molecule has 0 radical (unpaired) electrons. The first-order chi connectivity index (χ1) is 11.3. The number of amides is 1. The van der Waals surface area contributed by atoms with E-state index in [-0.39, 0.29) is 28.8 Å². The van der Waals surface area contributed by atoms with E-state index in [1.54, 1.807) is 11.1 Å². The monoisotopic (exact) mass is 356 g/mol. The third-order valence-corrected chi connectivity index (χ3v) is 5.01. The Hall–Kier alpha value is -1.27. The maximum Gasteiger partial charge on any atom is 0.237 e. The first-order valence-corrected chi connectivity index (χ1v) is 9.08. The molecule has 0 aromatic rings. The van der Waals surface area contributed by atoms with Gasteiger partial charge >= 0.3 is 0 Å². The standard InChI is InChI=1S/C17H26ClN3O3/c1-17(2)9-14(22)13(15(23)10-17)12-19-3-4-20-5-7-21(8-6-20)16(24)11-18/h12-13H,3-11H2,1-2H3/p+1. The lowest BCUT2D eigenvalue weighted by molar-refractivity contribution is -0.902. The maximum atomic E-state index is 12.1. The quantitative estimate of drug-likeness (QED) is 0.414. The Balaban J connectivity index is 1.73. The number of piperazine rings is 1. The number of nitrogens with zero attached hydrogens (tertiary/aromatic N) is 2. The molecule has 0 aromatic heterocycles. The SMILES string of the molecule is CC1(C)CC(=O)C(C=NCC[NH+]2CCN(C(=O)CCl)CC2)C(=O)C1. The molecule has 0 atom stereocenters. The number of hydrogen-bond donors (Lipinski definition) is 1. The number of carbonyl (C=O) groups is 3. The number of carbonyl (C=O) groups excluding carboxylic acids is 3. The van der Waals surface area contributed by atoms with Crippen LogP contribution < -0.4 is 4.90 Å². The van der Waals surface area contributed by atoms with Crippen LogP contribution in [0.2, 0.25) is 0 Å². The predicted molar refractivity (Wildman–Crippen MR) is 92.7 cm³/mol. The van der Waals surface area contributed by atoms with Crippen LogP contribution in [0.15, 0.2) is 4.99 Å². The Morgan fingerprint density at radius 1 is 1.29 bits per heavy atom. The molecular weight excluding hydrogens is 330 g/mol. The lowest BCUT2D eigenvalue weighted by atomic mass is 9.72. The smallest absolute Gasteiger partial charge is 0.237 e. The molecule has 1 amide bonds. The van der Waals surface area contributed by atoms with Crippen molar-refractivity contribution < 1.29 is 19.3 Å². The molecule has 2 rings (SSSR count). The minimum atomic E-state index is -0.647. The molecule has 6 nitrogen and oxygen atoms in total. The van der Waals surface area contributed by atoms with Crippen LogP contribution in [0.4, 0.5) is 0 Å². The molecule has 1 heterocycles. The fourth-order valence-electron chi connectivity index (χ4n) is 3.38. The number of Topliss-reactive ketones (excluding diaryl/α,β-unsaturated/α-hetero) is 2. The van der Waals surface area contributed by atoms with E-state index in [0.717, 1.165) is 32.7 Å². The molecule has 1 saturated carbocycles. The normalized spacial score (nSPS) is 23.2.